The minimum Gasteiger partial charge on any atom is -0.489 e. The molecule has 0 saturated heterocycles. The monoisotopic (exact) mass is 470 g/mol. The molecule has 3 nitrogen and oxygen atoms in total. The number of fused-ring (bicyclic) bond motifs is 1. The van der Waals surface area contributed by atoms with E-state index in [-0.39, 0.29) is 0 Å². The molecule has 1 heterocycles. The Balaban J connectivity index is 1.35. The van der Waals surface area contributed by atoms with E-state index >= 15 is 0 Å². The van der Waals surface area contributed by atoms with E-state index in [4.69, 9.17) is 27.9 Å². The minimum absolute atomic E-state index is 0.546. The molecule has 4 aromatic carbocycles. The zero-order valence-corrected chi connectivity index (χ0v) is 19.1. The van der Waals surface area contributed by atoms with Crippen molar-refractivity contribution in [2.24, 2.45) is 0 Å². The minimum atomic E-state index is 0.546. The highest BCUT2D eigenvalue weighted by atomic mass is 35.5. The lowest BCUT2D eigenvalue weighted by Crippen LogP contribution is -1.94. The molecular formula is C28H20Cl2N2O. The molecular weight excluding hydrogens is 451 g/mol. The second-order valence-electron chi connectivity index (χ2n) is 7.64. The molecule has 0 aliphatic heterocycles. The number of hydrogen-bond donors (Lipinski definition) is 1. The molecule has 1 N–H and O–H groups in total. The van der Waals surface area contributed by atoms with Gasteiger partial charge in [0.25, 0.3) is 0 Å². The Morgan fingerprint density at radius 3 is 2.58 bits per heavy atom. The molecule has 162 valence electrons. The normalized spacial score (nSPS) is 11.3. The summed E-state index contributed by atoms with van der Waals surface area (Å²) in [5.41, 5.74) is 3.95. The maximum atomic E-state index is 6.32. The molecule has 5 rings (SSSR count). The molecule has 0 bridgehead atoms. The second kappa shape index (κ2) is 9.53. The Kier molecular flexibility index (Phi) is 6.16. The number of imidazole rings is 1. The van der Waals surface area contributed by atoms with Gasteiger partial charge in [0.2, 0.25) is 0 Å². The van der Waals surface area contributed by atoms with Crippen LogP contribution in [0.1, 0.15) is 17.0 Å². The number of benzene rings is 4. The van der Waals surface area contributed by atoms with Gasteiger partial charge >= 0.3 is 0 Å². The molecule has 0 radical (unpaired) electrons. The van der Waals surface area contributed by atoms with Crippen molar-refractivity contribution in [2.45, 2.75) is 6.61 Å². The molecule has 5 aromatic rings. The largest absolute Gasteiger partial charge is 0.489 e. The van der Waals surface area contributed by atoms with Gasteiger partial charge in [0.1, 0.15) is 18.2 Å². The van der Waals surface area contributed by atoms with Gasteiger partial charge in [0.15, 0.2) is 0 Å². The average Bonchev–Trinajstić information content (AvgIpc) is 3.30. The maximum absolute atomic E-state index is 6.32. The van der Waals surface area contributed by atoms with Crippen LogP contribution >= 0.6 is 23.2 Å². The highest BCUT2D eigenvalue weighted by Gasteiger charge is 2.07. The van der Waals surface area contributed by atoms with Crippen LogP contribution in [0, 0.1) is 0 Å². The Labute approximate surface area is 202 Å². The van der Waals surface area contributed by atoms with Gasteiger partial charge in [-0.2, -0.15) is 0 Å². The molecule has 0 aliphatic rings. The van der Waals surface area contributed by atoms with Gasteiger partial charge in [-0.1, -0.05) is 83.9 Å². The second-order valence-corrected chi connectivity index (χ2v) is 8.49. The number of H-pyrrole nitrogens is 1. The van der Waals surface area contributed by atoms with Crippen molar-refractivity contribution >= 4 is 46.1 Å². The zero-order valence-electron chi connectivity index (χ0n) is 17.6. The predicted molar refractivity (Wildman–Crippen MR) is 138 cm³/mol. The summed E-state index contributed by atoms with van der Waals surface area (Å²) in [6.45, 7) is 0.546. The van der Waals surface area contributed by atoms with Gasteiger partial charge < -0.3 is 9.72 Å². The van der Waals surface area contributed by atoms with Crippen molar-refractivity contribution < 1.29 is 4.74 Å². The number of nitrogens with zero attached hydrogens (tertiary/aromatic N) is 1. The first-order chi connectivity index (χ1) is 16.2. The van der Waals surface area contributed by atoms with Crippen molar-refractivity contribution in [3.05, 3.63) is 118 Å². The molecule has 33 heavy (non-hydrogen) atoms. The third-order valence-corrected chi connectivity index (χ3v) is 5.92. The van der Waals surface area contributed by atoms with Crippen LogP contribution in [0.15, 0.2) is 91.1 Å². The van der Waals surface area contributed by atoms with Gasteiger partial charge in [-0.05, 0) is 58.3 Å². The third kappa shape index (κ3) is 4.95. The van der Waals surface area contributed by atoms with Crippen molar-refractivity contribution in [3.63, 3.8) is 0 Å². The summed E-state index contributed by atoms with van der Waals surface area (Å²) in [7, 11) is 0. The molecule has 0 fully saturated rings. The first-order valence-corrected chi connectivity index (χ1v) is 11.3. The predicted octanol–water partition coefficient (Wildman–Crippen LogP) is 8.29. The lowest BCUT2D eigenvalue weighted by atomic mass is 10.0. The molecule has 0 saturated carbocycles. The van der Waals surface area contributed by atoms with Gasteiger partial charge in [0, 0.05) is 10.6 Å². The van der Waals surface area contributed by atoms with Crippen LogP contribution in [0.25, 0.3) is 34.2 Å². The molecule has 0 atom stereocenters. The number of aromatic nitrogens is 2. The highest BCUT2D eigenvalue weighted by molar-refractivity contribution is 6.36. The molecule has 0 aliphatic carbocycles. The summed E-state index contributed by atoms with van der Waals surface area (Å²) in [5, 5.41) is 3.46. The van der Waals surface area contributed by atoms with E-state index in [1.54, 1.807) is 12.3 Å². The topological polar surface area (TPSA) is 37.9 Å². The number of nitrogens with one attached hydrogen (secondary N) is 1. The van der Waals surface area contributed by atoms with Crippen molar-refractivity contribution in [2.75, 3.05) is 0 Å². The van der Waals surface area contributed by atoms with Crippen LogP contribution < -0.4 is 4.74 Å². The number of halogens is 2. The maximum Gasteiger partial charge on any atom is 0.130 e. The van der Waals surface area contributed by atoms with Gasteiger partial charge in [-0.15, -0.1) is 0 Å². The van der Waals surface area contributed by atoms with Crippen LogP contribution in [-0.2, 0) is 6.61 Å². The summed E-state index contributed by atoms with van der Waals surface area (Å²) in [6.07, 6.45) is 5.79. The Morgan fingerprint density at radius 2 is 1.73 bits per heavy atom. The molecule has 1 aromatic heterocycles. The van der Waals surface area contributed by atoms with Crippen LogP contribution in [0.3, 0.4) is 0 Å². The SMILES string of the molecule is Clc1ccc(-c2cnc(C=Cc3cccc4cc(OCc5ccccc5)ccc34)[nH]2)c(Cl)c1. The van der Waals surface area contributed by atoms with Crippen molar-refractivity contribution in [1.29, 1.82) is 0 Å². The van der Waals surface area contributed by atoms with E-state index in [1.807, 2.05) is 48.5 Å². The smallest absolute Gasteiger partial charge is 0.130 e. The Hall–Kier alpha value is -3.53. The van der Waals surface area contributed by atoms with Crippen LogP contribution in [0.5, 0.6) is 5.75 Å². The van der Waals surface area contributed by atoms with Crippen molar-refractivity contribution in [3.8, 4) is 17.0 Å². The molecule has 0 amide bonds. The summed E-state index contributed by atoms with van der Waals surface area (Å²) >= 11 is 12.3. The summed E-state index contributed by atoms with van der Waals surface area (Å²) in [4.78, 5) is 7.77. The summed E-state index contributed by atoms with van der Waals surface area (Å²) < 4.78 is 5.98. The van der Waals surface area contributed by atoms with Crippen LogP contribution in [0.2, 0.25) is 10.0 Å². The van der Waals surface area contributed by atoms with E-state index in [2.05, 4.69) is 52.4 Å². The van der Waals surface area contributed by atoms with Crippen molar-refractivity contribution in [1.82, 2.24) is 9.97 Å². The zero-order chi connectivity index (χ0) is 22.6. The van der Waals surface area contributed by atoms with E-state index in [0.717, 1.165) is 44.7 Å². The fourth-order valence-corrected chi connectivity index (χ4v) is 4.21. The fraction of sp³-hybridized carbons (Fsp3) is 0.0357. The Bertz CT molecular complexity index is 1440. The Morgan fingerprint density at radius 1 is 0.848 bits per heavy atom. The molecule has 0 spiro atoms. The van der Waals surface area contributed by atoms with Gasteiger partial charge in [-0.25, -0.2) is 4.98 Å². The van der Waals surface area contributed by atoms with Crippen LogP contribution in [-0.4, -0.2) is 9.97 Å². The highest BCUT2D eigenvalue weighted by Crippen LogP contribution is 2.30. The number of ether oxygens (including phenoxy) is 1. The molecule has 5 heteroatoms. The number of aromatic amines is 1. The van der Waals surface area contributed by atoms with Crippen LogP contribution in [0.4, 0.5) is 0 Å². The number of hydrogen-bond acceptors (Lipinski definition) is 2. The average molecular weight is 471 g/mol. The van der Waals surface area contributed by atoms with E-state index in [0.29, 0.717) is 16.7 Å². The molecule has 0 unspecified atom stereocenters. The van der Waals surface area contributed by atoms with E-state index in [9.17, 15) is 0 Å². The summed E-state index contributed by atoms with van der Waals surface area (Å²) in [6, 6.07) is 28.0. The van der Waals surface area contributed by atoms with Gasteiger partial charge in [-0.3, -0.25) is 0 Å². The van der Waals surface area contributed by atoms with Gasteiger partial charge in [0.05, 0.1) is 16.9 Å². The van der Waals surface area contributed by atoms with E-state index < -0.39 is 0 Å². The fourth-order valence-electron chi connectivity index (χ4n) is 3.70. The first-order valence-electron chi connectivity index (χ1n) is 10.5. The lowest BCUT2D eigenvalue weighted by Gasteiger charge is -2.09. The number of rotatable bonds is 6. The van der Waals surface area contributed by atoms with E-state index in [1.165, 1.54) is 0 Å². The standard InChI is InChI=1S/C28H20Cl2N2O/c29-22-10-12-25(26(30)16-22)27-17-31-28(32-27)14-9-20-7-4-8-21-15-23(11-13-24(20)21)33-18-19-5-2-1-3-6-19/h1-17H,18H2,(H,31,32). The first kappa shape index (κ1) is 21.3. The quantitative estimate of drug-likeness (QED) is 0.271. The summed E-state index contributed by atoms with van der Waals surface area (Å²) in [5.74, 6) is 1.60. The third-order valence-electron chi connectivity index (χ3n) is 5.37. The lowest BCUT2D eigenvalue weighted by molar-refractivity contribution is 0.306.